The van der Waals surface area contributed by atoms with Crippen molar-refractivity contribution in [2.24, 2.45) is 0 Å². The lowest BCUT2D eigenvalue weighted by Gasteiger charge is -2.07. The summed E-state index contributed by atoms with van der Waals surface area (Å²) >= 11 is 1.32. The Labute approximate surface area is 137 Å². The number of nitrogens with one attached hydrogen (secondary N) is 2. The number of hydrogen-bond donors (Lipinski definition) is 3. The van der Waals surface area contributed by atoms with Crippen LogP contribution in [0, 0.1) is 6.92 Å². The van der Waals surface area contributed by atoms with E-state index in [2.05, 4.69) is 10.6 Å². The van der Waals surface area contributed by atoms with Crippen LogP contribution in [0.2, 0.25) is 0 Å². The second-order valence-electron chi connectivity index (χ2n) is 4.84. The molecule has 0 unspecified atom stereocenters. The lowest BCUT2D eigenvalue weighted by molar-refractivity contribution is -0.115. The van der Waals surface area contributed by atoms with Gasteiger partial charge < -0.3 is 15.7 Å². The van der Waals surface area contributed by atoms with Crippen molar-refractivity contribution in [2.75, 3.05) is 10.6 Å². The molecule has 1 aromatic heterocycles. The first-order chi connectivity index (χ1) is 10.9. The first kappa shape index (κ1) is 16.7. The Bertz CT molecular complexity index is 767. The van der Waals surface area contributed by atoms with E-state index in [1.54, 1.807) is 25.1 Å². The number of aromatic carboxylic acids is 1. The van der Waals surface area contributed by atoms with Crippen molar-refractivity contribution in [3.05, 3.63) is 46.3 Å². The summed E-state index contributed by atoms with van der Waals surface area (Å²) in [7, 11) is 0. The number of rotatable bonds is 5. The second kappa shape index (κ2) is 7.06. The number of amides is 2. The largest absolute Gasteiger partial charge is 0.478 e. The average molecular weight is 332 g/mol. The summed E-state index contributed by atoms with van der Waals surface area (Å²) in [6.45, 7) is 3.57. The fraction of sp³-hybridized carbons (Fsp3) is 0.188. The van der Waals surface area contributed by atoms with Gasteiger partial charge in [0.1, 0.15) is 5.00 Å². The molecule has 0 fully saturated rings. The van der Waals surface area contributed by atoms with Gasteiger partial charge in [-0.2, -0.15) is 0 Å². The van der Waals surface area contributed by atoms with Gasteiger partial charge >= 0.3 is 5.97 Å². The van der Waals surface area contributed by atoms with Gasteiger partial charge in [0, 0.05) is 17.0 Å². The molecular weight excluding hydrogens is 316 g/mol. The van der Waals surface area contributed by atoms with E-state index in [0.29, 0.717) is 22.7 Å². The molecule has 1 heterocycles. The fourth-order valence-electron chi connectivity index (χ4n) is 1.92. The second-order valence-corrected chi connectivity index (χ2v) is 6.10. The standard InChI is InChI=1S/C16H16N2O4S/c1-3-13(19)18-15-12(7-9(2)23-15)14(20)17-11-6-4-5-10(8-11)16(21)22/h4-8H,3H2,1-2H3,(H,17,20)(H,18,19)(H,21,22). The first-order valence-electron chi connectivity index (χ1n) is 6.95. The third-order valence-electron chi connectivity index (χ3n) is 3.04. The highest BCUT2D eigenvalue weighted by Gasteiger charge is 2.17. The predicted molar refractivity (Wildman–Crippen MR) is 89.3 cm³/mol. The van der Waals surface area contributed by atoms with Gasteiger partial charge in [0.25, 0.3) is 5.91 Å². The van der Waals surface area contributed by atoms with E-state index in [-0.39, 0.29) is 11.5 Å². The van der Waals surface area contributed by atoms with Gasteiger partial charge in [0.05, 0.1) is 11.1 Å². The smallest absolute Gasteiger partial charge is 0.335 e. The van der Waals surface area contributed by atoms with Crippen molar-refractivity contribution < 1.29 is 19.5 Å². The van der Waals surface area contributed by atoms with E-state index in [4.69, 9.17) is 5.11 Å². The molecule has 0 radical (unpaired) electrons. The number of thiophene rings is 1. The molecule has 2 rings (SSSR count). The maximum Gasteiger partial charge on any atom is 0.335 e. The quantitative estimate of drug-likeness (QED) is 0.782. The fourth-order valence-corrected chi connectivity index (χ4v) is 2.84. The maximum absolute atomic E-state index is 12.4. The van der Waals surface area contributed by atoms with Crippen LogP contribution in [0.5, 0.6) is 0 Å². The Hall–Kier alpha value is -2.67. The molecule has 0 spiro atoms. The average Bonchev–Trinajstić information content (AvgIpc) is 2.88. The number of carboxylic acid groups (broad SMARTS) is 1. The van der Waals surface area contributed by atoms with Crippen molar-refractivity contribution in [3.8, 4) is 0 Å². The molecule has 6 nitrogen and oxygen atoms in total. The van der Waals surface area contributed by atoms with Gasteiger partial charge in [-0.05, 0) is 31.2 Å². The number of hydrogen-bond acceptors (Lipinski definition) is 4. The molecule has 0 atom stereocenters. The van der Waals surface area contributed by atoms with E-state index in [9.17, 15) is 14.4 Å². The molecule has 2 aromatic rings. The van der Waals surface area contributed by atoms with Gasteiger partial charge in [0.15, 0.2) is 0 Å². The van der Waals surface area contributed by atoms with Crippen molar-refractivity contribution in [2.45, 2.75) is 20.3 Å². The maximum atomic E-state index is 12.4. The minimum Gasteiger partial charge on any atom is -0.478 e. The van der Waals surface area contributed by atoms with E-state index in [1.807, 2.05) is 6.92 Å². The van der Waals surface area contributed by atoms with Crippen molar-refractivity contribution >= 4 is 39.8 Å². The normalized spacial score (nSPS) is 10.2. The lowest BCUT2D eigenvalue weighted by atomic mass is 10.2. The Morgan fingerprint density at radius 1 is 1.17 bits per heavy atom. The van der Waals surface area contributed by atoms with Gasteiger partial charge in [-0.1, -0.05) is 13.0 Å². The molecule has 3 N–H and O–H groups in total. The Balaban J connectivity index is 2.22. The summed E-state index contributed by atoms with van der Waals surface area (Å²) in [4.78, 5) is 35.8. The topological polar surface area (TPSA) is 95.5 Å². The van der Waals surface area contributed by atoms with Gasteiger partial charge in [-0.15, -0.1) is 11.3 Å². The summed E-state index contributed by atoms with van der Waals surface area (Å²) in [5, 5.41) is 14.8. The minimum atomic E-state index is -1.07. The summed E-state index contributed by atoms with van der Waals surface area (Å²) < 4.78 is 0. The number of aryl methyl sites for hydroxylation is 1. The van der Waals surface area contributed by atoms with Crippen molar-refractivity contribution in [3.63, 3.8) is 0 Å². The minimum absolute atomic E-state index is 0.0869. The lowest BCUT2D eigenvalue weighted by Crippen LogP contribution is -2.16. The number of anilines is 2. The third kappa shape index (κ3) is 4.17. The summed E-state index contributed by atoms with van der Waals surface area (Å²) in [6.07, 6.45) is 0.318. The highest BCUT2D eigenvalue weighted by atomic mass is 32.1. The summed E-state index contributed by atoms with van der Waals surface area (Å²) in [6, 6.07) is 7.67. The van der Waals surface area contributed by atoms with Crippen LogP contribution in [0.3, 0.4) is 0 Å². The van der Waals surface area contributed by atoms with Crippen LogP contribution in [0.1, 0.15) is 38.9 Å². The molecule has 0 saturated heterocycles. The van der Waals surface area contributed by atoms with Crippen LogP contribution in [0.15, 0.2) is 30.3 Å². The highest BCUT2D eigenvalue weighted by molar-refractivity contribution is 7.16. The van der Waals surface area contributed by atoms with Crippen LogP contribution >= 0.6 is 11.3 Å². The third-order valence-corrected chi connectivity index (χ3v) is 4.01. The number of carbonyl (C=O) groups excluding carboxylic acids is 2. The number of benzene rings is 1. The summed E-state index contributed by atoms with van der Waals surface area (Å²) in [5.41, 5.74) is 0.824. The predicted octanol–water partition coefficient (Wildman–Crippen LogP) is 3.36. The van der Waals surface area contributed by atoms with Crippen LogP contribution in [-0.4, -0.2) is 22.9 Å². The molecule has 2 amide bonds. The van der Waals surface area contributed by atoms with Gasteiger partial charge in [-0.3, -0.25) is 9.59 Å². The molecule has 7 heteroatoms. The zero-order chi connectivity index (χ0) is 17.0. The molecular formula is C16H16N2O4S. The molecule has 1 aromatic carbocycles. The molecule has 120 valence electrons. The molecule has 0 bridgehead atoms. The Kier molecular flexibility index (Phi) is 5.13. The summed E-state index contributed by atoms with van der Waals surface area (Å²) in [5.74, 6) is -1.64. The first-order valence-corrected chi connectivity index (χ1v) is 7.77. The highest BCUT2D eigenvalue weighted by Crippen LogP contribution is 2.28. The molecule has 0 aliphatic heterocycles. The van der Waals surface area contributed by atoms with Crippen LogP contribution < -0.4 is 10.6 Å². The molecule has 0 saturated carbocycles. The number of carbonyl (C=O) groups is 3. The van der Waals surface area contributed by atoms with Crippen LogP contribution in [0.4, 0.5) is 10.7 Å². The van der Waals surface area contributed by atoms with E-state index < -0.39 is 11.9 Å². The Morgan fingerprint density at radius 3 is 2.57 bits per heavy atom. The molecule has 23 heavy (non-hydrogen) atoms. The van der Waals surface area contributed by atoms with Crippen LogP contribution in [-0.2, 0) is 4.79 Å². The SMILES string of the molecule is CCC(=O)Nc1sc(C)cc1C(=O)Nc1cccc(C(=O)O)c1. The number of carboxylic acids is 1. The molecule has 0 aliphatic carbocycles. The van der Waals surface area contributed by atoms with Crippen LogP contribution in [0.25, 0.3) is 0 Å². The van der Waals surface area contributed by atoms with Gasteiger partial charge in [-0.25, -0.2) is 4.79 Å². The molecule has 0 aliphatic rings. The van der Waals surface area contributed by atoms with Crippen molar-refractivity contribution in [1.29, 1.82) is 0 Å². The monoisotopic (exact) mass is 332 g/mol. The van der Waals surface area contributed by atoms with E-state index in [0.717, 1.165) is 4.88 Å². The van der Waals surface area contributed by atoms with Crippen molar-refractivity contribution in [1.82, 2.24) is 0 Å². The zero-order valence-electron chi connectivity index (χ0n) is 12.7. The van der Waals surface area contributed by atoms with E-state index in [1.165, 1.54) is 23.5 Å². The Morgan fingerprint density at radius 2 is 1.91 bits per heavy atom. The van der Waals surface area contributed by atoms with Gasteiger partial charge in [0.2, 0.25) is 5.91 Å². The van der Waals surface area contributed by atoms with E-state index >= 15 is 0 Å². The zero-order valence-corrected chi connectivity index (χ0v) is 13.5.